The van der Waals surface area contributed by atoms with Crippen molar-refractivity contribution in [1.29, 1.82) is 0 Å². The molecule has 3 atom stereocenters. The molecule has 2 N–H and O–H groups in total. The largest absolute Gasteiger partial charge is 0.368 e. The molecule has 2 amide bonds. The zero-order valence-corrected chi connectivity index (χ0v) is 12.6. The highest BCUT2D eigenvalue weighted by atomic mass is 16.8. The van der Waals surface area contributed by atoms with Crippen molar-refractivity contribution in [3.63, 3.8) is 0 Å². The minimum absolute atomic E-state index is 0.0535. The van der Waals surface area contributed by atoms with Crippen molar-refractivity contribution in [3.05, 3.63) is 21.6 Å². The van der Waals surface area contributed by atoms with Gasteiger partial charge in [-0.05, 0) is 30.1 Å². The van der Waals surface area contributed by atoms with Gasteiger partial charge in [0.05, 0.1) is 18.7 Å². The Morgan fingerprint density at radius 2 is 2.17 bits per heavy atom. The Morgan fingerprint density at radius 3 is 2.83 bits per heavy atom. The van der Waals surface area contributed by atoms with Gasteiger partial charge in [0, 0.05) is 4.91 Å². The van der Waals surface area contributed by atoms with Crippen LogP contribution >= 0.6 is 0 Å². The number of amides is 2. The van der Waals surface area contributed by atoms with E-state index in [0.717, 1.165) is 0 Å². The molecule has 3 heterocycles. The number of hydrogen-bond acceptors (Lipinski definition) is 6. The molecule has 3 aliphatic rings. The summed E-state index contributed by atoms with van der Waals surface area (Å²) < 4.78 is 17.2. The molecular formula is C13H15N5O5. The Balaban J connectivity index is 1.98. The molecule has 0 radical (unpaired) electrons. The maximum Gasteiger partial charge on any atom is 0.267 e. The molecule has 3 rings (SSSR count). The molecule has 3 aliphatic heterocycles. The monoisotopic (exact) mass is 321 g/mol. The molecule has 2 saturated heterocycles. The van der Waals surface area contributed by atoms with Crippen molar-refractivity contribution >= 4 is 17.5 Å². The van der Waals surface area contributed by atoms with E-state index in [0.29, 0.717) is 5.57 Å². The van der Waals surface area contributed by atoms with Crippen molar-refractivity contribution in [2.24, 2.45) is 15.8 Å². The fraction of sp³-hybridized carbons (Fsp3) is 0.615. The quantitative estimate of drug-likeness (QED) is 0.440. The van der Waals surface area contributed by atoms with Gasteiger partial charge in [-0.25, -0.2) is 0 Å². The number of rotatable bonds is 3. The molecule has 0 spiro atoms. The maximum absolute atomic E-state index is 12.1. The number of fused-ring (bicyclic) bond motifs is 1. The zero-order chi connectivity index (χ0) is 16.8. The van der Waals surface area contributed by atoms with Crippen LogP contribution in [0.15, 0.2) is 21.3 Å². The second-order valence-electron chi connectivity index (χ2n) is 5.82. The Labute approximate surface area is 130 Å². The molecular weight excluding hydrogens is 306 g/mol. The zero-order valence-electron chi connectivity index (χ0n) is 12.6. The predicted molar refractivity (Wildman–Crippen MR) is 76.2 cm³/mol. The lowest BCUT2D eigenvalue weighted by Gasteiger charge is -2.22. The first-order valence-corrected chi connectivity index (χ1v) is 6.98. The number of nitrogens with zero attached hydrogens (tertiary/aromatic N) is 4. The third kappa shape index (κ3) is 2.62. The van der Waals surface area contributed by atoms with Gasteiger partial charge in [0.25, 0.3) is 11.8 Å². The normalized spacial score (nSPS) is 31.6. The van der Waals surface area contributed by atoms with Gasteiger partial charge >= 0.3 is 0 Å². The van der Waals surface area contributed by atoms with Crippen LogP contribution in [0.1, 0.15) is 13.8 Å². The predicted octanol–water partition coefficient (Wildman–Crippen LogP) is -0.0213. The van der Waals surface area contributed by atoms with Crippen LogP contribution < -0.4 is 5.73 Å². The Bertz CT molecular complexity index is 691. The highest BCUT2D eigenvalue weighted by Crippen LogP contribution is 2.39. The number of hydrogen-bond donors (Lipinski definition) is 1. The number of nitrogens with two attached hydrogens (primary N) is 1. The molecule has 0 aromatic heterocycles. The van der Waals surface area contributed by atoms with Crippen LogP contribution in [0.3, 0.4) is 0 Å². The summed E-state index contributed by atoms with van der Waals surface area (Å²) in [6.45, 7) is 3.90. The van der Waals surface area contributed by atoms with Crippen molar-refractivity contribution < 1.29 is 23.8 Å². The van der Waals surface area contributed by atoms with Gasteiger partial charge in [0.2, 0.25) is 0 Å². The number of primary amides is 1. The van der Waals surface area contributed by atoms with E-state index in [2.05, 4.69) is 15.0 Å². The maximum atomic E-state index is 12.1. The summed E-state index contributed by atoms with van der Waals surface area (Å²) in [7, 11) is 0. The Hall–Kier alpha value is -2.26. The first kappa shape index (κ1) is 15.6. The van der Waals surface area contributed by atoms with E-state index in [4.69, 9.17) is 25.5 Å². The summed E-state index contributed by atoms with van der Waals surface area (Å²) in [4.78, 5) is 30.0. The van der Waals surface area contributed by atoms with Gasteiger partial charge in [-0.15, -0.1) is 0 Å². The first-order valence-electron chi connectivity index (χ1n) is 6.98. The highest BCUT2D eigenvalue weighted by molar-refractivity contribution is 6.51. The van der Waals surface area contributed by atoms with Gasteiger partial charge in [0.15, 0.2) is 5.79 Å². The van der Waals surface area contributed by atoms with E-state index >= 15 is 0 Å². The summed E-state index contributed by atoms with van der Waals surface area (Å²) in [6.07, 6.45) is -1.33. The van der Waals surface area contributed by atoms with E-state index < -0.39 is 29.8 Å². The third-order valence-electron chi connectivity index (χ3n) is 3.85. The van der Waals surface area contributed by atoms with Crippen molar-refractivity contribution in [3.8, 4) is 0 Å². The van der Waals surface area contributed by atoms with Crippen LogP contribution in [-0.2, 0) is 23.8 Å². The van der Waals surface area contributed by atoms with Crippen LogP contribution in [0.5, 0.6) is 0 Å². The standard InChI is InChI=1S/C13H15N5O5/c1-13(2)22-6-4-21-9(10(6)23-13)5-3-16-8(11(14)19)7(5)12(20)17-18-15/h6,9-10H,3-4H2,1-2H3,(H2,14,19). The van der Waals surface area contributed by atoms with Crippen LogP contribution in [-0.4, -0.2) is 54.8 Å². The topological polar surface area (TPSA) is 149 Å². The van der Waals surface area contributed by atoms with E-state index in [1.165, 1.54) is 0 Å². The fourth-order valence-electron chi connectivity index (χ4n) is 3.08. The van der Waals surface area contributed by atoms with Crippen LogP contribution in [0.2, 0.25) is 0 Å². The summed E-state index contributed by atoms with van der Waals surface area (Å²) in [6, 6.07) is 0. The van der Waals surface area contributed by atoms with Crippen molar-refractivity contribution in [2.45, 2.75) is 37.9 Å². The summed E-state index contributed by atoms with van der Waals surface area (Å²) in [5, 5.41) is 3.04. The molecule has 10 nitrogen and oxygen atoms in total. The van der Waals surface area contributed by atoms with Gasteiger partial charge in [0.1, 0.15) is 24.0 Å². The molecule has 3 unspecified atom stereocenters. The van der Waals surface area contributed by atoms with Crippen LogP contribution in [0.25, 0.3) is 10.4 Å². The average Bonchev–Trinajstić information content (AvgIpc) is 3.09. The van der Waals surface area contributed by atoms with Gasteiger partial charge in [-0.2, -0.15) is 0 Å². The molecule has 0 bridgehead atoms. The number of carbonyl (C=O) groups is 2. The molecule has 0 aromatic rings. The Kier molecular flexibility index (Phi) is 3.69. The number of carbonyl (C=O) groups excluding carboxylic acids is 2. The van der Waals surface area contributed by atoms with Crippen molar-refractivity contribution in [2.75, 3.05) is 13.2 Å². The molecule has 122 valence electrons. The van der Waals surface area contributed by atoms with Crippen LogP contribution in [0, 0.1) is 0 Å². The number of azide groups is 1. The number of aliphatic imine (C=N–C) groups is 1. The van der Waals surface area contributed by atoms with E-state index in [1.54, 1.807) is 13.8 Å². The molecule has 0 aliphatic carbocycles. The van der Waals surface area contributed by atoms with Gasteiger partial charge in [-0.3, -0.25) is 14.6 Å². The molecule has 10 heteroatoms. The minimum Gasteiger partial charge on any atom is -0.368 e. The lowest BCUT2D eigenvalue weighted by atomic mass is 9.97. The van der Waals surface area contributed by atoms with Gasteiger partial charge < -0.3 is 19.9 Å². The first-order chi connectivity index (χ1) is 10.8. The molecule has 0 saturated carbocycles. The van der Waals surface area contributed by atoms with E-state index in [-0.39, 0.29) is 30.5 Å². The summed E-state index contributed by atoms with van der Waals surface area (Å²) in [5.74, 6) is -2.54. The molecule has 23 heavy (non-hydrogen) atoms. The summed E-state index contributed by atoms with van der Waals surface area (Å²) in [5.41, 5.74) is 13.8. The lowest BCUT2D eigenvalue weighted by Crippen LogP contribution is -2.33. The lowest BCUT2D eigenvalue weighted by molar-refractivity contribution is -0.171. The van der Waals surface area contributed by atoms with Crippen LogP contribution in [0.4, 0.5) is 0 Å². The number of ether oxygens (including phenoxy) is 3. The SMILES string of the molecule is CC1(C)OC2COC(C3=C(C(=O)N=[N+]=[N-])C(C(N)=O)=NC3)C2O1. The Morgan fingerprint density at radius 1 is 1.43 bits per heavy atom. The fourth-order valence-corrected chi connectivity index (χ4v) is 3.08. The summed E-state index contributed by atoms with van der Waals surface area (Å²) >= 11 is 0. The second-order valence-corrected chi connectivity index (χ2v) is 5.82. The smallest absolute Gasteiger partial charge is 0.267 e. The van der Waals surface area contributed by atoms with Gasteiger partial charge in [-0.1, -0.05) is 0 Å². The molecule has 0 aromatic carbocycles. The average molecular weight is 321 g/mol. The molecule has 2 fully saturated rings. The highest BCUT2D eigenvalue weighted by Gasteiger charge is 2.52. The van der Waals surface area contributed by atoms with E-state index in [9.17, 15) is 9.59 Å². The van der Waals surface area contributed by atoms with Crippen molar-refractivity contribution in [1.82, 2.24) is 0 Å². The van der Waals surface area contributed by atoms with E-state index in [1.807, 2.05) is 0 Å². The minimum atomic E-state index is -0.914. The third-order valence-corrected chi connectivity index (χ3v) is 3.85. The second kappa shape index (κ2) is 5.43.